The summed E-state index contributed by atoms with van der Waals surface area (Å²) < 4.78 is 21.4. The molecule has 0 aromatic carbocycles. The van der Waals surface area contributed by atoms with Crippen molar-refractivity contribution in [1.82, 2.24) is 4.98 Å². The molecule has 0 N–H and O–H groups in total. The largest absolute Gasteiger partial charge is 0.413 e. The molecule has 0 radical (unpaired) electrons. The van der Waals surface area contributed by atoms with E-state index >= 15 is 4.79 Å². The number of aldehydes is 1. The Morgan fingerprint density at radius 2 is 1.30 bits per heavy atom. The summed E-state index contributed by atoms with van der Waals surface area (Å²) in [5.74, 6) is 3.27. The first kappa shape index (κ1) is 57.3. The maximum Gasteiger partial charge on any atom is 0.192 e. The number of rotatable bonds is 22. The molecule has 0 aliphatic rings. The lowest BCUT2D eigenvalue weighted by molar-refractivity contribution is -0.141. The zero-order chi connectivity index (χ0) is 47.6. The molecule has 0 spiro atoms. The van der Waals surface area contributed by atoms with Crippen molar-refractivity contribution in [3.8, 4) is 11.5 Å². The van der Waals surface area contributed by atoms with E-state index in [0.717, 1.165) is 37.7 Å². The van der Waals surface area contributed by atoms with Crippen molar-refractivity contribution in [2.75, 3.05) is 0 Å². The maximum atomic E-state index is 15.4. The minimum Gasteiger partial charge on any atom is -0.413 e. The molecule has 1 aromatic heterocycles. The van der Waals surface area contributed by atoms with Crippen LogP contribution in [-0.2, 0) is 22.9 Å². The van der Waals surface area contributed by atoms with Gasteiger partial charge in [-0.2, -0.15) is 0 Å². The van der Waals surface area contributed by atoms with Gasteiger partial charge in [-0.15, -0.1) is 11.5 Å². The number of pyridine rings is 1. The van der Waals surface area contributed by atoms with Crippen LogP contribution >= 0.6 is 0 Å². The minimum atomic E-state index is -2.34. The molecule has 1 heterocycles. The molecular formula is C51H93NO5Si4. The predicted molar refractivity (Wildman–Crippen MR) is 274 cm³/mol. The smallest absolute Gasteiger partial charge is 0.192 e. The molecule has 5 atom stereocenters. The first-order valence-electron chi connectivity index (χ1n) is 23.2. The molecule has 0 saturated heterocycles. The first-order chi connectivity index (χ1) is 27.4. The van der Waals surface area contributed by atoms with Gasteiger partial charge < -0.3 is 18.1 Å². The van der Waals surface area contributed by atoms with Crippen LogP contribution in [0.2, 0.25) is 74.0 Å². The van der Waals surface area contributed by atoms with Crippen LogP contribution in [0.1, 0.15) is 141 Å². The van der Waals surface area contributed by atoms with Gasteiger partial charge in [0.1, 0.15) is 20.1 Å². The van der Waals surface area contributed by atoms with Crippen molar-refractivity contribution in [1.29, 1.82) is 0 Å². The average Bonchev–Trinajstić information content (AvgIpc) is 3.08. The Morgan fingerprint density at radius 3 is 1.77 bits per heavy atom. The van der Waals surface area contributed by atoms with E-state index in [1.807, 2.05) is 38.2 Å². The van der Waals surface area contributed by atoms with Gasteiger partial charge >= 0.3 is 0 Å². The number of Topliss-reactive ketones (excluding diaryl/α,β-unsaturated/α-hetero) is 1. The fourth-order valence-electron chi connectivity index (χ4n) is 6.57. The highest BCUT2D eigenvalue weighted by molar-refractivity contribution is 6.83. The standard InChI is InChI=1S/C51H93NO5Si4/c1-39(32-33-44(55-59(18,19)48(4,5)6)41(3)38-42-30-24-25-35-52-42)28-26-29-40(2)46(57-61(22,23)50(10,11)12)43(31-27-37-58(15,16)17)47(54)51(13,14)45(34-36-53)56-60(20,21)49(7,8)9/h24-25,30,32,35-36,38,40,43-46H,26,28-29,31,33-34H2,1-23H3. The molecular weight excluding hydrogens is 819 g/mol. The fraction of sp³-hybridized carbons (Fsp3) is 0.745. The second-order valence-corrected chi connectivity index (χ2v) is 43.2. The Morgan fingerprint density at radius 1 is 0.770 bits per heavy atom. The number of hydrogen-bond donors (Lipinski definition) is 0. The third kappa shape index (κ3) is 18.0. The highest BCUT2D eigenvalue weighted by Crippen LogP contribution is 2.45. The van der Waals surface area contributed by atoms with Gasteiger partial charge in [0.25, 0.3) is 0 Å². The van der Waals surface area contributed by atoms with Crippen LogP contribution in [0.15, 0.2) is 41.6 Å². The SMILES string of the molecule is CC(=CCC(O[Si](C)(C)C(C)(C)C)C(C)=Cc1ccccn1)CCCC(C)C(O[Si](C)(C)C(C)(C)C)C(CC#C[Si](C)(C)C)C(=O)C(C)(C)C(CC=O)O[Si](C)(C)C(C)(C)C. The Balaban J connectivity index is 3.66. The van der Waals surface area contributed by atoms with Crippen LogP contribution in [0.3, 0.4) is 0 Å². The maximum absolute atomic E-state index is 15.4. The van der Waals surface area contributed by atoms with Crippen molar-refractivity contribution in [3.63, 3.8) is 0 Å². The van der Waals surface area contributed by atoms with Gasteiger partial charge in [0.15, 0.2) is 25.0 Å². The summed E-state index contributed by atoms with van der Waals surface area (Å²) in [7, 11) is -8.44. The number of carbonyl (C=O) groups is 2. The molecule has 0 aliphatic carbocycles. The molecule has 1 rings (SSSR count). The van der Waals surface area contributed by atoms with Crippen LogP contribution in [-0.4, -0.2) is 68.4 Å². The zero-order valence-electron chi connectivity index (χ0n) is 43.7. The molecule has 0 saturated carbocycles. The van der Waals surface area contributed by atoms with Crippen molar-refractivity contribution >= 4 is 51.2 Å². The van der Waals surface area contributed by atoms with Crippen molar-refractivity contribution in [3.05, 3.63) is 47.3 Å². The van der Waals surface area contributed by atoms with Crippen molar-refractivity contribution in [2.45, 2.75) is 228 Å². The Hall–Kier alpha value is -1.72. The second-order valence-electron chi connectivity index (χ2n) is 24.2. The molecule has 348 valence electrons. The van der Waals surface area contributed by atoms with Gasteiger partial charge in [-0.3, -0.25) is 9.78 Å². The number of allylic oxidation sites excluding steroid dienone is 1. The van der Waals surface area contributed by atoms with E-state index in [1.165, 1.54) is 11.1 Å². The third-order valence-electron chi connectivity index (χ3n) is 14.0. The summed E-state index contributed by atoms with van der Waals surface area (Å²) >= 11 is 0. The number of nitrogens with zero attached hydrogens (tertiary/aromatic N) is 1. The molecule has 0 aliphatic heterocycles. The normalized spacial score (nSPS) is 16.9. The number of hydrogen-bond acceptors (Lipinski definition) is 6. The van der Waals surface area contributed by atoms with E-state index < -0.39 is 50.5 Å². The Kier molecular flexibility index (Phi) is 21.1. The van der Waals surface area contributed by atoms with Gasteiger partial charge in [0, 0.05) is 24.5 Å². The molecule has 5 unspecified atom stereocenters. The molecule has 0 bridgehead atoms. The van der Waals surface area contributed by atoms with Crippen molar-refractivity contribution in [2.24, 2.45) is 17.3 Å². The summed E-state index contributed by atoms with van der Waals surface area (Å²) in [4.78, 5) is 32.2. The highest BCUT2D eigenvalue weighted by Gasteiger charge is 2.50. The lowest BCUT2D eigenvalue weighted by Gasteiger charge is -2.46. The zero-order valence-corrected chi connectivity index (χ0v) is 47.7. The lowest BCUT2D eigenvalue weighted by Crippen LogP contribution is -2.54. The van der Waals surface area contributed by atoms with Crippen LogP contribution < -0.4 is 0 Å². The van der Waals surface area contributed by atoms with Gasteiger partial charge in [-0.1, -0.05) is 120 Å². The summed E-state index contributed by atoms with van der Waals surface area (Å²) in [6, 6.07) is 6.02. The van der Waals surface area contributed by atoms with Crippen LogP contribution in [0.25, 0.3) is 6.08 Å². The molecule has 0 fully saturated rings. The van der Waals surface area contributed by atoms with E-state index in [9.17, 15) is 4.79 Å². The fourth-order valence-corrected chi connectivity index (χ4v) is 11.4. The quantitative estimate of drug-likeness (QED) is 0.0499. The first-order valence-corrected chi connectivity index (χ1v) is 35.4. The summed E-state index contributed by atoms with van der Waals surface area (Å²) in [6.07, 6.45) is 10.7. The number of ketones is 1. The molecule has 1 aromatic rings. The summed E-state index contributed by atoms with van der Waals surface area (Å²) in [6.45, 7) is 51.3. The second kappa shape index (κ2) is 22.5. The third-order valence-corrected chi connectivity index (χ3v) is 28.4. The predicted octanol–water partition coefficient (Wildman–Crippen LogP) is 14.9. The van der Waals surface area contributed by atoms with E-state index in [2.05, 4.69) is 171 Å². The topological polar surface area (TPSA) is 74.7 Å². The molecule has 0 amide bonds. The average molecular weight is 913 g/mol. The van der Waals surface area contributed by atoms with E-state index in [4.69, 9.17) is 13.3 Å². The molecule has 6 nitrogen and oxygen atoms in total. The van der Waals surface area contributed by atoms with Crippen LogP contribution in [0.4, 0.5) is 0 Å². The summed E-state index contributed by atoms with van der Waals surface area (Å²) in [5.41, 5.74) is 6.12. The van der Waals surface area contributed by atoms with Gasteiger partial charge in [-0.05, 0) is 124 Å². The van der Waals surface area contributed by atoms with Crippen molar-refractivity contribution < 1.29 is 22.9 Å². The number of carbonyl (C=O) groups excluding carboxylic acids is 2. The Bertz CT molecular complexity index is 1680. The van der Waals surface area contributed by atoms with E-state index in [1.54, 1.807) is 0 Å². The summed E-state index contributed by atoms with van der Waals surface area (Å²) in [5, 5.41) is -0.0240. The number of aromatic nitrogens is 1. The van der Waals surface area contributed by atoms with E-state index in [-0.39, 0.29) is 45.4 Å². The molecule has 61 heavy (non-hydrogen) atoms. The van der Waals surface area contributed by atoms with E-state index in [0.29, 0.717) is 6.42 Å². The monoisotopic (exact) mass is 912 g/mol. The lowest BCUT2D eigenvalue weighted by atomic mass is 9.71. The highest BCUT2D eigenvalue weighted by atomic mass is 28.4. The Labute approximate surface area is 381 Å². The molecule has 10 heteroatoms. The van der Waals surface area contributed by atoms with Crippen LogP contribution in [0, 0.1) is 28.7 Å². The van der Waals surface area contributed by atoms with Crippen LogP contribution in [0.5, 0.6) is 0 Å². The minimum absolute atomic E-state index is 0.0322. The van der Waals surface area contributed by atoms with Gasteiger partial charge in [0.05, 0.1) is 29.9 Å². The van der Waals surface area contributed by atoms with Gasteiger partial charge in [0.2, 0.25) is 0 Å². The van der Waals surface area contributed by atoms with Gasteiger partial charge in [-0.25, -0.2) is 0 Å².